The van der Waals surface area contributed by atoms with Crippen LogP contribution in [-0.2, 0) is 32.7 Å². The second-order valence-corrected chi connectivity index (χ2v) is 1.73. The van der Waals surface area contributed by atoms with Gasteiger partial charge in [0, 0.05) is 51.8 Å². The molecule has 0 saturated heterocycles. The van der Waals surface area contributed by atoms with Crippen LogP contribution in [0.15, 0.2) is 10.9 Å². The van der Waals surface area contributed by atoms with E-state index in [2.05, 4.69) is 15.3 Å². The fourth-order valence-corrected chi connectivity index (χ4v) is 0.586. The molecule has 1 aromatic heterocycles. The number of aromatic amines is 1. The first-order valence-corrected chi connectivity index (χ1v) is 2.73. The standard InChI is InChI=1S/C5H8N4O.Y/c1-7-3-2-4(10)9-5(6)8-3;/h2H,1H3,(H4,6,7,8,9,10);/p-1. The second kappa shape index (κ2) is 4.46. The van der Waals surface area contributed by atoms with Crippen molar-refractivity contribution >= 4 is 11.8 Å². The third kappa shape index (κ3) is 2.99. The van der Waals surface area contributed by atoms with Crippen LogP contribution in [0.5, 0.6) is 0 Å². The molecule has 0 atom stereocenters. The predicted molar refractivity (Wildman–Crippen MR) is 38.4 cm³/mol. The number of rotatable bonds is 1. The first kappa shape index (κ1) is 10.6. The van der Waals surface area contributed by atoms with E-state index in [1.54, 1.807) is 7.05 Å². The fourth-order valence-electron chi connectivity index (χ4n) is 0.586. The minimum absolute atomic E-state index is 0. The van der Waals surface area contributed by atoms with Crippen LogP contribution < -0.4 is 10.9 Å². The molecule has 0 bridgehead atoms. The number of nitrogens with one attached hydrogen (secondary N) is 3. The minimum atomic E-state index is -0.315. The van der Waals surface area contributed by atoms with Crippen molar-refractivity contribution in [3.63, 3.8) is 0 Å². The Morgan fingerprint density at radius 1 is 1.73 bits per heavy atom. The number of hydrogen-bond donors (Lipinski definition) is 2. The summed E-state index contributed by atoms with van der Waals surface area (Å²) >= 11 is 0. The summed E-state index contributed by atoms with van der Waals surface area (Å²) in [5.41, 5.74) is 6.66. The summed E-state index contributed by atoms with van der Waals surface area (Å²) < 4.78 is 0. The smallest absolute Gasteiger partial charge is 0.196 e. The van der Waals surface area contributed by atoms with E-state index in [9.17, 15) is 4.79 Å². The van der Waals surface area contributed by atoms with Gasteiger partial charge < -0.3 is 21.0 Å². The Bertz CT molecular complexity index is 284. The van der Waals surface area contributed by atoms with Gasteiger partial charge in [0.15, 0.2) is 5.56 Å². The van der Waals surface area contributed by atoms with Crippen molar-refractivity contribution in [2.24, 2.45) is 0 Å². The van der Waals surface area contributed by atoms with Crippen molar-refractivity contribution in [2.45, 2.75) is 0 Å². The Labute approximate surface area is 88.7 Å². The Morgan fingerprint density at radius 3 is 2.82 bits per heavy atom. The molecule has 57 valence electrons. The Hall–Kier alpha value is -0.416. The molecule has 0 fully saturated rings. The molecule has 5 nitrogen and oxygen atoms in total. The average molecular weight is 228 g/mol. The molecule has 1 heterocycles. The van der Waals surface area contributed by atoms with Crippen LogP contribution in [0.25, 0.3) is 5.73 Å². The van der Waals surface area contributed by atoms with E-state index in [0.29, 0.717) is 5.82 Å². The van der Waals surface area contributed by atoms with Crippen LogP contribution in [-0.4, -0.2) is 17.0 Å². The molecular formula is C5H7N4OY-. The zero-order valence-electron chi connectivity index (χ0n) is 6.01. The number of hydrogen-bond acceptors (Lipinski definition) is 3. The normalized spacial score (nSPS) is 8.45. The molecule has 0 amide bonds. The van der Waals surface area contributed by atoms with Crippen molar-refractivity contribution in [1.29, 1.82) is 0 Å². The monoisotopic (exact) mass is 228 g/mol. The van der Waals surface area contributed by atoms with Crippen LogP contribution in [0.1, 0.15) is 0 Å². The topological polar surface area (TPSA) is 81.6 Å². The summed E-state index contributed by atoms with van der Waals surface area (Å²) in [6, 6.07) is 1.29. The zero-order chi connectivity index (χ0) is 7.56. The number of aromatic nitrogens is 2. The third-order valence-electron chi connectivity index (χ3n) is 0.998. The van der Waals surface area contributed by atoms with Gasteiger partial charge in [-0.3, -0.25) is 4.79 Å². The summed E-state index contributed by atoms with van der Waals surface area (Å²) in [5.74, 6) is 0.283. The van der Waals surface area contributed by atoms with Gasteiger partial charge in [0.25, 0.3) is 0 Å². The van der Waals surface area contributed by atoms with E-state index in [0.717, 1.165) is 0 Å². The molecule has 0 aromatic carbocycles. The van der Waals surface area contributed by atoms with Crippen LogP contribution in [0.3, 0.4) is 0 Å². The molecule has 0 aliphatic rings. The van der Waals surface area contributed by atoms with Gasteiger partial charge in [-0.05, 0) is 0 Å². The van der Waals surface area contributed by atoms with Gasteiger partial charge >= 0.3 is 0 Å². The Balaban J connectivity index is 0.000001000. The molecular weight excluding hydrogens is 221 g/mol. The van der Waals surface area contributed by atoms with Crippen molar-refractivity contribution in [1.82, 2.24) is 9.97 Å². The van der Waals surface area contributed by atoms with Gasteiger partial charge in [0.05, 0.1) is 5.82 Å². The van der Waals surface area contributed by atoms with E-state index in [1.807, 2.05) is 0 Å². The van der Waals surface area contributed by atoms with E-state index in [1.165, 1.54) is 6.07 Å². The van der Waals surface area contributed by atoms with Crippen LogP contribution in [0.4, 0.5) is 11.8 Å². The summed E-state index contributed by atoms with van der Waals surface area (Å²) in [7, 11) is 1.64. The first-order valence-electron chi connectivity index (χ1n) is 2.73. The molecule has 1 rings (SSSR count). The van der Waals surface area contributed by atoms with E-state index in [-0.39, 0.29) is 44.2 Å². The van der Waals surface area contributed by atoms with Crippen molar-refractivity contribution < 1.29 is 32.7 Å². The molecule has 6 heteroatoms. The van der Waals surface area contributed by atoms with E-state index < -0.39 is 0 Å². The molecule has 1 aromatic rings. The molecule has 0 aliphatic heterocycles. The molecule has 0 aliphatic carbocycles. The van der Waals surface area contributed by atoms with Gasteiger partial charge in [-0.15, -0.1) is 0 Å². The quantitative estimate of drug-likeness (QED) is 0.733. The largest absolute Gasteiger partial charge is 0.411 e. The van der Waals surface area contributed by atoms with Crippen LogP contribution in [0, 0.1) is 0 Å². The van der Waals surface area contributed by atoms with Gasteiger partial charge in [0.2, 0.25) is 0 Å². The van der Waals surface area contributed by atoms with E-state index >= 15 is 0 Å². The molecule has 0 saturated carbocycles. The summed E-state index contributed by atoms with van der Waals surface area (Å²) in [6.07, 6.45) is 0. The molecule has 11 heavy (non-hydrogen) atoms. The molecule has 1 radical (unpaired) electrons. The molecule has 0 spiro atoms. The summed E-state index contributed by atoms with van der Waals surface area (Å²) in [5, 5.41) is 2.66. The maximum atomic E-state index is 10.6. The average Bonchev–Trinajstić information content (AvgIpc) is 1.85. The van der Waals surface area contributed by atoms with Crippen molar-refractivity contribution in [3.05, 3.63) is 22.2 Å². The number of H-pyrrole nitrogens is 1. The zero-order valence-corrected chi connectivity index (χ0v) is 8.85. The molecule has 3 N–H and O–H groups in total. The minimum Gasteiger partial charge on any atom is -0.411 e. The van der Waals surface area contributed by atoms with Gasteiger partial charge in [-0.1, -0.05) is 0 Å². The first-order chi connectivity index (χ1) is 4.72. The Morgan fingerprint density at radius 2 is 2.36 bits per heavy atom. The maximum absolute atomic E-state index is 10.6. The van der Waals surface area contributed by atoms with Crippen LogP contribution >= 0.6 is 0 Å². The maximum Gasteiger partial charge on any atom is 0.196 e. The van der Waals surface area contributed by atoms with Crippen molar-refractivity contribution in [2.75, 3.05) is 12.4 Å². The van der Waals surface area contributed by atoms with Gasteiger partial charge in [-0.25, -0.2) is 0 Å². The summed E-state index contributed by atoms with van der Waals surface area (Å²) in [6.45, 7) is 0. The summed E-state index contributed by atoms with van der Waals surface area (Å²) in [4.78, 5) is 16.5. The van der Waals surface area contributed by atoms with Gasteiger partial charge in [-0.2, -0.15) is 0 Å². The van der Waals surface area contributed by atoms with E-state index in [4.69, 9.17) is 5.73 Å². The number of nitrogens with zero attached hydrogens (tertiary/aromatic N) is 1. The Kier molecular flexibility index (Phi) is 4.29. The van der Waals surface area contributed by atoms with Gasteiger partial charge in [0.1, 0.15) is 0 Å². The fraction of sp³-hybridized carbons (Fsp3) is 0.200. The predicted octanol–water partition coefficient (Wildman–Crippen LogP) is 0.493. The SMILES string of the molecule is CNc1cc(=O)[nH]c([NH-])n1.[Y]. The number of anilines is 1. The van der Waals surface area contributed by atoms with Crippen LogP contribution in [0.2, 0.25) is 0 Å². The molecule has 0 unspecified atom stereocenters. The second-order valence-electron chi connectivity index (χ2n) is 1.73. The van der Waals surface area contributed by atoms with Crippen molar-refractivity contribution in [3.8, 4) is 0 Å². The third-order valence-corrected chi connectivity index (χ3v) is 0.998.